The van der Waals surface area contributed by atoms with Crippen molar-refractivity contribution in [3.63, 3.8) is 0 Å². The molecule has 0 heterocycles. The lowest BCUT2D eigenvalue weighted by Crippen LogP contribution is -2.47. The standard InChI is InChI=1S/C31H35N3O6/c1-34(19-22-9-3-2-4-10-22)20-28(30(36)37)33-29(35)15-17-39-18-16-32-31(38)40-21-27-25-13-7-5-11-23(25)24-12-6-8-14-26(24)27/h2-14,27-28H,15-21H2,1H3,(H,32,38)(H,33,35)(H,36,37). The van der Waals surface area contributed by atoms with Gasteiger partial charge >= 0.3 is 12.1 Å². The average molecular weight is 546 g/mol. The minimum atomic E-state index is -1.10. The van der Waals surface area contributed by atoms with E-state index < -0.39 is 24.0 Å². The number of ether oxygens (including phenoxy) is 2. The summed E-state index contributed by atoms with van der Waals surface area (Å²) >= 11 is 0. The van der Waals surface area contributed by atoms with E-state index in [0.29, 0.717) is 6.54 Å². The number of rotatable bonds is 14. The van der Waals surface area contributed by atoms with E-state index in [2.05, 4.69) is 34.9 Å². The molecule has 0 saturated heterocycles. The first kappa shape index (κ1) is 28.8. The SMILES string of the molecule is CN(Cc1ccccc1)CC(NC(=O)CCOCCNC(=O)OCC1c2ccccc2-c2ccccc21)C(=O)O. The highest BCUT2D eigenvalue weighted by Crippen LogP contribution is 2.44. The van der Waals surface area contributed by atoms with Gasteiger partial charge in [0.05, 0.1) is 13.2 Å². The molecule has 1 aliphatic carbocycles. The van der Waals surface area contributed by atoms with Crippen LogP contribution >= 0.6 is 0 Å². The van der Waals surface area contributed by atoms with Crippen LogP contribution in [0.3, 0.4) is 0 Å². The summed E-state index contributed by atoms with van der Waals surface area (Å²) < 4.78 is 10.9. The summed E-state index contributed by atoms with van der Waals surface area (Å²) in [6, 6.07) is 24.9. The molecule has 9 heteroatoms. The number of aliphatic carboxylic acids is 1. The normalized spacial score (nSPS) is 12.8. The number of hydrogen-bond donors (Lipinski definition) is 3. The maximum Gasteiger partial charge on any atom is 0.407 e. The molecule has 9 nitrogen and oxygen atoms in total. The quantitative estimate of drug-likeness (QED) is 0.265. The molecule has 0 aromatic heterocycles. The molecule has 2 amide bonds. The van der Waals surface area contributed by atoms with Crippen LogP contribution in [-0.4, -0.2) is 74.0 Å². The van der Waals surface area contributed by atoms with Gasteiger partial charge in [-0.1, -0.05) is 78.9 Å². The molecule has 1 atom stereocenters. The van der Waals surface area contributed by atoms with Crippen LogP contribution in [0.25, 0.3) is 11.1 Å². The molecule has 1 unspecified atom stereocenters. The highest BCUT2D eigenvalue weighted by atomic mass is 16.5. The fourth-order valence-electron chi connectivity index (χ4n) is 4.86. The monoisotopic (exact) mass is 545 g/mol. The zero-order valence-electron chi connectivity index (χ0n) is 22.5. The minimum absolute atomic E-state index is 0.0110. The summed E-state index contributed by atoms with van der Waals surface area (Å²) in [5.74, 6) is -1.52. The second kappa shape index (κ2) is 14.3. The third-order valence-corrected chi connectivity index (χ3v) is 6.76. The fourth-order valence-corrected chi connectivity index (χ4v) is 4.86. The molecule has 0 bridgehead atoms. The van der Waals surface area contributed by atoms with Crippen LogP contribution in [-0.2, 0) is 25.6 Å². The number of hydrogen-bond acceptors (Lipinski definition) is 6. The van der Waals surface area contributed by atoms with E-state index in [1.165, 1.54) is 11.1 Å². The highest BCUT2D eigenvalue weighted by Gasteiger charge is 2.29. The molecular formula is C31H35N3O6. The van der Waals surface area contributed by atoms with Gasteiger partial charge in [0.2, 0.25) is 5.91 Å². The van der Waals surface area contributed by atoms with E-state index in [1.54, 1.807) is 0 Å². The first-order chi connectivity index (χ1) is 19.4. The molecule has 0 radical (unpaired) electrons. The molecule has 4 rings (SSSR count). The lowest BCUT2D eigenvalue weighted by molar-refractivity contribution is -0.142. The van der Waals surface area contributed by atoms with E-state index in [0.717, 1.165) is 16.7 Å². The van der Waals surface area contributed by atoms with Crippen molar-refractivity contribution >= 4 is 18.0 Å². The van der Waals surface area contributed by atoms with Gasteiger partial charge in [-0.3, -0.25) is 9.69 Å². The van der Waals surface area contributed by atoms with E-state index in [9.17, 15) is 19.5 Å². The number of likely N-dealkylation sites (N-methyl/N-ethyl adjacent to an activating group) is 1. The molecule has 0 saturated carbocycles. The third-order valence-electron chi connectivity index (χ3n) is 6.76. The molecule has 0 spiro atoms. The summed E-state index contributed by atoms with van der Waals surface area (Å²) in [4.78, 5) is 38.0. The molecule has 1 aliphatic rings. The third kappa shape index (κ3) is 7.91. The number of alkyl carbamates (subject to hydrolysis) is 1. The Morgan fingerprint density at radius 1 is 0.900 bits per heavy atom. The van der Waals surface area contributed by atoms with E-state index in [1.807, 2.05) is 66.5 Å². The van der Waals surface area contributed by atoms with Crippen molar-refractivity contribution in [1.29, 1.82) is 0 Å². The number of carbonyl (C=O) groups is 3. The summed E-state index contributed by atoms with van der Waals surface area (Å²) in [5, 5.41) is 14.7. The van der Waals surface area contributed by atoms with Gasteiger partial charge < -0.3 is 25.2 Å². The molecule has 3 aromatic carbocycles. The number of fused-ring (bicyclic) bond motifs is 3. The molecule has 40 heavy (non-hydrogen) atoms. The van der Waals surface area contributed by atoms with E-state index >= 15 is 0 Å². The van der Waals surface area contributed by atoms with E-state index in [-0.39, 0.29) is 45.2 Å². The first-order valence-electron chi connectivity index (χ1n) is 13.3. The Balaban J connectivity index is 1.10. The van der Waals surface area contributed by atoms with Gasteiger partial charge in [0.15, 0.2) is 0 Å². The van der Waals surface area contributed by atoms with Gasteiger partial charge in [-0.2, -0.15) is 0 Å². The minimum Gasteiger partial charge on any atom is -0.480 e. The average Bonchev–Trinajstić information content (AvgIpc) is 3.27. The molecule has 210 valence electrons. The van der Waals surface area contributed by atoms with Crippen LogP contribution in [0.2, 0.25) is 0 Å². The largest absolute Gasteiger partial charge is 0.480 e. The Morgan fingerprint density at radius 2 is 1.52 bits per heavy atom. The van der Waals surface area contributed by atoms with Crippen molar-refractivity contribution < 1.29 is 29.0 Å². The van der Waals surface area contributed by atoms with Crippen molar-refractivity contribution in [2.45, 2.75) is 24.9 Å². The maximum absolute atomic E-state index is 12.3. The van der Waals surface area contributed by atoms with Crippen LogP contribution < -0.4 is 10.6 Å². The summed E-state index contributed by atoms with van der Waals surface area (Å²) in [5.41, 5.74) is 5.68. The van der Waals surface area contributed by atoms with Crippen molar-refractivity contribution in [1.82, 2.24) is 15.5 Å². The fraction of sp³-hybridized carbons (Fsp3) is 0.323. The Kier molecular flexibility index (Phi) is 10.3. The molecule has 3 N–H and O–H groups in total. The Hall–Kier alpha value is -4.21. The zero-order chi connectivity index (χ0) is 28.3. The number of carbonyl (C=O) groups excluding carboxylic acids is 2. The van der Waals surface area contributed by atoms with Crippen LogP contribution in [0.5, 0.6) is 0 Å². The Morgan fingerprint density at radius 3 is 2.17 bits per heavy atom. The summed E-state index contributed by atoms with van der Waals surface area (Å²) in [6.07, 6.45) is -0.524. The highest BCUT2D eigenvalue weighted by molar-refractivity contribution is 5.83. The first-order valence-corrected chi connectivity index (χ1v) is 13.3. The van der Waals surface area contributed by atoms with Gasteiger partial charge in [0.1, 0.15) is 12.6 Å². The van der Waals surface area contributed by atoms with Crippen molar-refractivity contribution in [3.05, 3.63) is 95.6 Å². The summed E-state index contributed by atoms with van der Waals surface area (Å²) in [6.45, 7) is 1.48. The smallest absolute Gasteiger partial charge is 0.407 e. The number of benzene rings is 3. The Bertz CT molecular complexity index is 1250. The van der Waals surface area contributed by atoms with Crippen LogP contribution in [0.4, 0.5) is 4.79 Å². The number of carboxylic acid groups (broad SMARTS) is 1. The molecule has 0 fully saturated rings. The predicted molar refractivity (Wildman–Crippen MR) is 151 cm³/mol. The van der Waals surface area contributed by atoms with Crippen LogP contribution in [0, 0.1) is 0 Å². The van der Waals surface area contributed by atoms with E-state index in [4.69, 9.17) is 9.47 Å². The number of amides is 2. The van der Waals surface area contributed by atoms with Crippen molar-refractivity contribution in [3.8, 4) is 11.1 Å². The topological polar surface area (TPSA) is 117 Å². The number of carboxylic acids is 1. The Labute approximate surface area is 234 Å². The van der Waals surface area contributed by atoms with Gasteiger partial charge in [-0.05, 0) is 34.9 Å². The molecular weight excluding hydrogens is 510 g/mol. The lowest BCUT2D eigenvalue weighted by atomic mass is 9.98. The second-order valence-corrected chi connectivity index (χ2v) is 9.76. The van der Waals surface area contributed by atoms with Gasteiger partial charge in [0.25, 0.3) is 0 Å². The number of nitrogens with zero attached hydrogens (tertiary/aromatic N) is 1. The van der Waals surface area contributed by atoms with Gasteiger partial charge in [-0.25, -0.2) is 9.59 Å². The van der Waals surface area contributed by atoms with Crippen molar-refractivity contribution in [2.75, 3.05) is 40.0 Å². The van der Waals surface area contributed by atoms with Crippen LogP contribution in [0.1, 0.15) is 29.0 Å². The van der Waals surface area contributed by atoms with Crippen LogP contribution in [0.15, 0.2) is 78.9 Å². The lowest BCUT2D eigenvalue weighted by Gasteiger charge is -2.22. The maximum atomic E-state index is 12.3. The molecule has 3 aromatic rings. The van der Waals surface area contributed by atoms with Gasteiger partial charge in [0, 0.05) is 32.0 Å². The predicted octanol–water partition coefficient (Wildman–Crippen LogP) is 3.63. The second-order valence-electron chi connectivity index (χ2n) is 9.76. The molecule has 0 aliphatic heterocycles. The van der Waals surface area contributed by atoms with Gasteiger partial charge in [-0.15, -0.1) is 0 Å². The zero-order valence-corrected chi connectivity index (χ0v) is 22.5. The number of nitrogens with one attached hydrogen (secondary N) is 2. The van der Waals surface area contributed by atoms with Crippen molar-refractivity contribution in [2.24, 2.45) is 0 Å². The summed E-state index contributed by atoms with van der Waals surface area (Å²) in [7, 11) is 1.81.